The predicted octanol–water partition coefficient (Wildman–Crippen LogP) is 7.30. The van der Waals surface area contributed by atoms with Crippen LogP contribution in [0.1, 0.15) is 52.2 Å². The molecule has 0 spiro atoms. The molecule has 0 saturated heterocycles. The zero-order chi connectivity index (χ0) is 19.4. The first-order valence-electron chi connectivity index (χ1n) is 8.95. The fourth-order valence-corrected chi connectivity index (χ4v) is 3.77. The first-order chi connectivity index (χ1) is 12.1. The Kier molecular flexibility index (Phi) is 8.95. The van der Waals surface area contributed by atoms with Gasteiger partial charge in [0, 0.05) is 27.7 Å². The zero-order valence-electron chi connectivity index (χ0n) is 16.7. The zero-order valence-corrected chi connectivity index (χ0v) is 19.1. The van der Waals surface area contributed by atoms with Gasteiger partial charge in [0.25, 0.3) is 0 Å². The van der Waals surface area contributed by atoms with E-state index in [1.54, 1.807) is 0 Å². The highest BCUT2D eigenvalue weighted by atomic mass is 35.5. The van der Waals surface area contributed by atoms with E-state index in [1.807, 2.05) is 30.3 Å². The van der Waals surface area contributed by atoms with Crippen LogP contribution in [-0.2, 0) is 13.2 Å². The Labute approximate surface area is 180 Å². The molecule has 0 aromatic heterocycles. The van der Waals surface area contributed by atoms with Crippen LogP contribution in [0, 0.1) is 5.41 Å². The molecular formula is C22H30Cl3NO. The van der Waals surface area contributed by atoms with Gasteiger partial charge in [-0.1, -0.05) is 62.2 Å². The largest absolute Gasteiger partial charge is 0.489 e. The van der Waals surface area contributed by atoms with Crippen molar-refractivity contribution in [3.63, 3.8) is 0 Å². The van der Waals surface area contributed by atoms with Crippen molar-refractivity contribution in [3.05, 3.63) is 63.6 Å². The van der Waals surface area contributed by atoms with E-state index in [4.69, 9.17) is 27.9 Å². The highest BCUT2D eigenvalue weighted by Crippen LogP contribution is 2.28. The summed E-state index contributed by atoms with van der Waals surface area (Å²) in [6.45, 7) is 12.5. The summed E-state index contributed by atoms with van der Waals surface area (Å²) in [5.74, 6) is 0.804. The van der Waals surface area contributed by atoms with Crippen LogP contribution >= 0.6 is 35.6 Å². The summed E-state index contributed by atoms with van der Waals surface area (Å²) in [7, 11) is 0. The molecule has 0 radical (unpaired) electrons. The Morgan fingerprint density at radius 1 is 0.889 bits per heavy atom. The molecule has 2 rings (SSSR count). The maximum atomic E-state index is 6.18. The van der Waals surface area contributed by atoms with Crippen molar-refractivity contribution in [1.29, 1.82) is 0 Å². The van der Waals surface area contributed by atoms with E-state index < -0.39 is 0 Å². The summed E-state index contributed by atoms with van der Waals surface area (Å²) in [5, 5.41) is 4.90. The van der Waals surface area contributed by atoms with E-state index in [0.717, 1.165) is 24.3 Å². The summed E-state index contributed by atoms with van der Waals surface area (Å²) >= 11 is 12.4. The van der Waals surface area contributed by atoms with Gasteiger partial charge < -0.3 is 10.1 Å². The third-order valence-corrected chi connectivity index (χ3v) is 4.82. The SMILES string of the molecule is CC(C)(C)CC(C)(C)NCc1ccc(OCc2c(Cl)cccc2Cl)cc1.Cl. The minimum Gasteiger partial charge on any atom is -0.489 e. The van der Waals surface area contributed by atoms with Crippen molar-refractivity contribution >= 4 is 35.6 Å². The van der Waals surface area contributed by atoms with Gasteiger partial charge in [0.05, 0.1) is 0 Å². The van der Waals surface area contributed by atoms with Crippen LogP contribution in [0.3, 0.4) is 0 Å². The normalized spacial score (nSPS) is 11.8. The van der Waals surface area contributed by atoms with E-state index in [9.17, 15) is 0 Å². The molecule has 2 aromatic rings. The maximum absolute atomic E-state index is 6.18. The number of rotatable bonds is 7. The summed E-state index contributed by atoms with van der Waals surface area (Å²) in [4.78, 5) is 0. The first-order valence-corrected chi connectivity index (χ1v) is 9.71. The second-order valence-electron chi connectivity index (χ2n) is 8.61. The van der Waals surface area contributed by atoms with Gasteiger partial charge >= 0.3 is 0 Å². The molecule has 0 aliphatic rings. The molecule has 0 unspecified atom stereocenters. The van der Waals surface area contributed by atoms with Crippen LogP contribution in [0.2, 0.25) is 10.0 Å². The Morgan fingerprint density at radius 3 is 1.96 bits per heavy atom. The monoisotopic (exact) mass is 429 g/mol. The highest BCUT2D eigenvalue weighted by Gasteiger charge is 2.24. The lowest BCUT2D eigenvalue weighted by Gasteiger charge is -2.33. The van der Waals surface area contributed by atoms with Gasteiger partial charge in [-0.15, -0.1) is 12.4 Å². The molecule has 0 bridgehead atoms. The third-order valence-electron chi connectivity index (χ3n) is 4.11. The molecule has 27 heavy (non-hydrogen) atoms. The summed E-state index contributed by atoms with van der Waals surface area (Å²) < 4.78 is 5.83. The van der Waals surface area contributed by atoms with Gasteiger partial charge in [0.15, 0.2) is 0 Å². The Bertz CT molecular complexity index is 701. The van der Waals surface area contributed by atoms with Crippen LogP contribution in [0.5, 0.6) is 5.75 Å². The van der Waals surface area contributed by atoms with Crippen molar-refractivity contribution in [2.24, 2.45) is 5.41 Å². The van der Waals surface area contributed by atoms with E-state index >= 15 is 0 Å². The highest BCUT2D eigenvalue weighted by molar-refractivity contribution is 6.35. The quantitative estimate of drug-likeness (QED) is 0.497. The van der Waals surface area contributed by atoms with E-state index in [-0.39, 0.29) is 17.9 Å². The second kappa shape index (κ2) is 10.0. The smallest absolute Gasteiger partial charge is 0.119 e. The molecule has 0 saturated carbocycles. The van der Waals surface area contributed by atoms with E-state index in [0.29, 0.717) is 22.1 Å². The average molecular weight is 431 g/mol. The van der Waals surface area contributed by atoms with Crippen LogP contribution in [0.15, 0.2) is 42.5 Å². The molecule has 1 N–H and O–H groups in total. The summed E-state index contributed by atoms with van der Waals surface area (Å²) in [6.07, 6.45) is 1.11. The number of ether oxygens (including phenoxy) is 1. The summed E-state index contributed by atoms with van der Waals surface area (Å²) in [6, 6.07) is 13.6. The van der Waals surface area contributed by atoms with Crippen LogP contribution in [0.4, 0.5) is 0 Å². The van der Waals surface area contributed by atoms with Gasteiger partial charge in [-0.25, -0.2) is 0 Å². The molecule has 2 aromatic carbocycles. The standard InChI is InChI=1S/C22H29Cl2NO.ClH/c1-21(2,3)15-22(4,5)25-13-16-9-11-17(12-10-16)26-14-18-19(23)7-6-8-20(18)24;/h6-12,25H,13-15H2,1-5H3;1H. The molecule has 0 atom stereocenters. The molecule has 0 heterocycles. The lowest BCUT2D eigenvalue weighted by atomic mass is 9.82. The van der Waals surface area contributed by atoms with Crippen LogP contribution in [-0.4, -0.2) is 5.54 Å². The Morgan fingerprint density at radius 2 is 1.44 bits per heavy atom. The van der Waals surface area contributed by atoms with Crippen LogP contribution < -0.4 is 10.1 Å². The topological polar surface area (TPSA) is 21.3 Å². The molecule has 0 fully saturated rings. The molecule has 150 valence electrons. The van der Waals surface area contributed by atoms with Crippen molar-refractivity contribution in [2.75, 3.05) is 0 Å². The first kappa shape index (κ1) is 24.1. The maximum Gasteiger partial charge on any atom is 0.119 e. The Hall–Kier alpha value is -0.930. The van der Waals surface area contributed by atoms with E-state index in [1.165, 1.54) is 5.56 Å². The molecule has 2 nitrogen and oxygen atoms in total. The van der Waals surface area contributed by atoms with Gasteiger partial charge in [0.2, 0.25) is 0 Å². The number of nitrogens with one attached hydrogen (secondary N) is 1. The minimum absolute atomic E-state index is 0. The Balaban J connectivity index is 0.00000364. The van der Waals surface area contributed by atoms with Gasteiger partial charge in [-0.2, -0.15) is 0 Å². The van der Waals surface area contributed by atoms with Crippen LogP contribution in [0.25, 0.3) is 0 Å². The van der Waals surface area contributed by atoms with Crippen molar-refractivity contribution in [1.82, 2.24) is 5.32 Å². The fourth-order valence-electron chi connectivity index (χ4n) is 3.26. The number of benzene rings is 2. The lowest BCUT2D eigenvalue weighted by Crippen LogP contribution is -2.41. The predicted molar refractivity (Wildman–Crippen MR) is 119 cm³/mol. The minimum atomic E-state index is 0. The number of hydrogen-bond acceptors (Lipinski definition) is 2. The average Bonchev–Trinajstić information content (AvgIpc) is 2.51. The van der Waals surface area contributed by atoms with Crippen molar-refractivity contribution in [3.8, 4) is 5.75 Å². The van der Waals surface area contributed by atoms with Crippen molar-refractivity contribution in [2.45, 2.75) is 59.7 Å². The van der Waals surface area contributed by atoms with Gasteiger partial charge in [-0.3, -0.25) is 0 Å². The summed E-state index contributed by atoms with van der Waals surface area (Å²) in [5.41, 5.74) is 2.43. The van der Waals surface area contributed by atoms with Gasteiger partial charge in [-0.05, 0) is 55.5 Å². The third kappa shape index (κ3) is 8.31. The lowest BCUT2D eigenvalue weighted by molar-refractivity contribution is 0.240. The number of halogens is 3. The number of hydrogen-bond donors (Lipinski definition) is 1. The van der Waals surface area contributed by atoms with Gasteiger partial charge in [0.1, 0.15) is 12.4 Å². The molecule has 0 aliphatic carbocycles. The van der Waals surface area contributed by atoms with E-state index in [2.05, 4.69) is 52.1 Å². The second-order valence-corrected chi connectivity index (χ2v) is 9.42. The van der Waals surface area contributed by atoms with Crippen molar-refractivity contribution < 1.29 is 4.74 Å². The molecule has 0 amide bonds. The molecule has 5 heteroatoms. The molecular weight excluding hydrogens is 401 g/mol. The fraction of sp³-hybridized carbons (Fsp3) is 0.455. The molecule has 0 aliphatic heterocycles.